The van der Waals surface area contributed by atoms with Crippen LogP contribution in [0.5, 0.6) is 0 Å². The lowest BCUT2D eigenvalue weighted by Crippen LogP contribution is -2.59. The van der Waals surface area contributed by atoms with Crippen molar-refractivity contribution < 1.29 is 23.9 Å². The molecule has 0 unspecified atom stereocenters. The molecule has 1 N–H and O–H groups in total. The first-order valence-electron chi connectivity index (χ1n) is 15.8. The minimum atomic E-state index is -0.184. The molecule has 0 aliphatic heterocycles. The molecule has 6 nitrogen and oxygen atoms in total. The van der Waals surface area contributed by atoms with Crippen molar-refractivity contribution >= 4 is 39.5 Å². The van der Waals surface area contributed by atoms with E-state index in [1.807, 2.05) is 24.3 Å². The molecule has 226 valence electrons. The first-order valence-corrected chi connectivity index (χ1v) is 16.6. The number of fused-ring (bicyclic) bond motifs is 5. The van der Waals surface area contributed by atoms with E-state index in [0.717, 1.165) is 48.7 Å². The highest BCUT2D eigenvalue weighted by molar-refractivity contribution is 9.10. The fourth-order valence-corrected chi connectivity index (χ4v) is 10.4. The average molecular weight is 631 g/mol. The van der Waals surface area contributed by atoms with E-state index in [2.05, 4.69) is 42.0 Å². The summed E-state index contributed by atoms with van der Waals surface area (Å²) in [5.41, 5.74) is 0.929. The zero-order valence-electron chi connectivity index (χ0n) is 25.4. The number of amides is 1. The number of benzene rings is 1. The number of rotatable bonds is 7. The third-order valence-electron chi connectivity index (χ3n) is 12.0. The summed E-state index contributed by atoms with van der Waals surface area (Å²) in [6.45, 7) is 10.3. The van der Waals surface area contributed by atoms with E-state index < -0.39 is 0 Å². The second-order valence-corrected chi connectivity index (χ2v) is 15.0. The van der Waals surface area contributed by atoms with Crippen molar-refractivity contribution in [1.29, 1.82) is 0 Å². The van der Waals surface area contributed by atoms with Gasteiger partial charge in [-0.3, -0.25) is 14.4 Å². The van der Waals surface area contributed by atoms with Crippen molar-refractivity contribution in [2.75, 3.05) is 5.32 Å². The van der Waals surface area contributed by atoms with E-state index in [4.69, 9.17) is 9.47 Å². The number of carbonyl (C=O) groups excluding carboxylic acids is 3. The second-order valence-electron chi connectivity index (χ2n) is 14.1. The zero-order valence-corrected chi connectivity index (χ0v) is 27.0. The number of esters is 2. The van der Waals surface area contributed by atoms with Crippen LogP contribution in [0.4, 0.5) is 5.69 Å². The van der Waals surface area contributed by atoms with Gasteiger partial charge in [-0.05, 0) is 123 Å². The van der Waals surface area contributed by atoms with Crippen LogP contribution in [0.25, 0.3) is 0 Å². The summed E-state index contributed by atoms with van der Waals surface area (Å²) < 4.78 is 12.9. The van der Waals surface area contributed by atoms with Crippen molar-refractivity contribution in [3.05, 3.63) is 28.7 Å². The highest BCUT2D eigenvalue weighted by atomic mass is 79.9. The van der Waals surface area contributed by atoms with Gasteiger partial charge in [-0.25, -0.2) is 0 Å². The second kappa shape index (κ2) is 12.0. The Morgan fingerprint density at radius 3 is 2.34 bits per heavy atom. The van der Waals surface area contributed by atoms with E-state index >= 15 is 0 Å². The SMILES string of the molecule is CC(=O)O[C@@H]1CC[C@@]2(C)[C@H](CC[C@@H]3[C@@H]2C[C@H](OC(C)=O)[C@]2(C)[C@@H]([C@H](C)CCC(=O)Nc4ccc(Br)cc4)CC[C@@H]32)C1. The molecule has 1 amide bonds. The Bertz CT molecular complexity index is 1140. The smallest absolute Gasteiger partial charge is 0.302 e. The highest BCUT2D eigenvalue weighted by Crippen LogP contribution is 2.69. The number of hydrogen-bond acceptors (Lipinski definition) is 5. The summed E-state index contributed by atoms with van der Waals surface area (Å²) in [4.78, 5) is 36.9. The molecule has 1 aromatic carbocycles. The molecule has 0 bridgehead atoms. The lowest BCUT2D eigenvalue weighted by molar-refractivity contribution is -0.197. The molecular weight excluding hydrogens is 582 g/mol. The van der Waals surface area contributed by atoms with Crippen LogP contribution < -0.4 is 5.32 Å². The summed E-state index contributed by atoms with van der Waals surface area (Å²) in [5, 5.41) is 3.04. The first-order chi connectivity index (χ1) is 19.4. The van der Waals surface area contributed by atoms with Gasteiger partial charge >= 0.3 is 11.9 Å². The number of halogens is 1. The molecule has 7 heteroatoms. The molecule has 41 heavy (non-hydrogen) atoms. The van der Waals surface area contributed by atoms with Gasteiger partial charge in [-0.15, -0.1) is 0 Å². The lowest BCUT2D eigenvalue weighted by atomic mass is 9.43. The average Bonchev–Trinajstić information content (AvgIpc) is 3.27. The largest absolute Gasteiger partial charge is 0.463 e. The predicted molar refractivity (Wildman–Crippen MR) is 163 cm³/mol. The molecule has 10 atom stereocenters. The van der Waals surface area contributed by atoms with E-state index in [1.165, 1.54) is 26.2 Å². The number of nitrogens with one attached hydrogen (secondary N) is 1. The summed E-state index contributed by atoms with van der Waals surface area (Å²) in [5.74, 6) is 2.70. The Morgan fingerprint density at radius 1 is 0.951 bits per heavy atom. The quantitative estimate of drug-likeness (QED) is 0.310. The van der Waals surface area contributed by atoms with Gasteiger partial charge in [0.2, 0.25) is 5.91 Å². The van der Waals surface area contributed by atoms with E-state index in [0.29, 0.717) is 41.9 Å². The van der Waals surface area contributed by atoms with Gasteiger partial charge in [0.15, 0.2) is 0 Å². The summed E-state index contributed by atoms with van der Waals surface area (Å²) in [6, 6.07) is 7.69. The minimum Gasteiger partial charge on any atom is -0.463 e. The predicted octanol–water partition coefficient (Wildman–Crippen LogP) is 7.94. The van der Waals surface area contributed by atoms with Crippen molar-refractivity contribution in [3.8, 4) is 0 Å². The number of hydrogen-bond donors (Lipinski definition) is 1. The molecule has 4 aliphatic rings. The molecule has 0 saturated heterocycles. The molecular formula is C34H48BrNO5. The summed E-state index contributed by atoms with van der Waals surface area (Å²) in [6.07, 6.45) is 9.85. The van der Waals surface area contributed by atoms with Crippen LogP contribution in [-0.4, -0.2) is 30.1 Å². The third-order valence-corrected chi connectivity index (χ3v) is 12.6. The monoisotopic (exact) mass is 629 g/mol. The fraction of sp³-hybridized carbons (Fsp3) is 0.735. The molecule has 5 rings (SSSR count). The van der Waals surface area contributed by atoms with E-state index in [9.17, 15) is 14.4 Å². The lowest BCUT2D eigenvalue weighted by Gasteiger charge is -2.62. The van der Waals surface area contributed by atoms with Gasteiger partial charge in [0, 0.05) is 35.8 Å². The highest BCUT2D eigenvalue weighted by Gasteiger charge is 2.65. The van der Waals surface area contributed by atoms with Crippen LogP contribution in [0.15, 0.2) is 28.7 Å². The van der Waals surface area contributed by atoms with E-state index in [1.54, 1.807) is 6.92 Å². The fourth-order valence-electron chi connectivity index (χ4n) is 10.2. The molecule has 4 aliphatic carbocycles. The Balaban J connectivity index is 1.30. The molecule has 0 heterocycles. The zero-order chi connectivity index (χ0) is 29.5. The number of anilines is 1. The number of carbonyl (C=O) groups is 3. The number of ether oxygens (including phenoxy) is 2. The topological polar surface area (TPSA) is 81.7 Å². The van der Waals surface area contributed by atoms with Gasteiger partial charge in [-0.2, -0.15) is 0 Å². The normalized spacial score (nSPS) is 38.5. The van der Waals surface area contributed by atoms with Gasteiger partial charge < -0.3 is 14.8 Å². The Hall–Kier alpha value is -1.89. The molecule has 0 aromatic heterocycles. The van der Waals surface area contributed by atoms with Crippen LogP contribution in [0.2, 0.25) is 0 Å². The van der Waals surface area contributed by atoms with Crippen molar-refractivity contribution in [2.45, 2.75) is 111 Å². The summed E-state index contributed by atoms with van der Waals surface area (Å²) in [7, 11) is 0. The Kier molecular flexibility index (Phi) is 8.95. The van der Waals surface area contributed by atoms with Crippen LogP contribution in [0, 0.1) is 46.3 Å². The summed E-state index contributed by atoms with van der Waals surface area (Å²) >= 11 is 3.44. The van der Waals surface area contributed by atoms with Crippen molar-refractivity contribution in [2.24, 2.45) is 46.3 Å². The van der Waals surface area contributed by atoms with Crippen molar-refractivity contribution in [3.63, 3.8) is 0 Å². The molecule has 4 fully saturated rings. The molecule has 0 spiro atoms. The molecule has 1 aromatic rings. The minimum absolute atomic E-state index is 0.0397. The van der Waals surface area contributed by atoms with Gasteiger partial charge in [0.1, 0.15) is 12.2 Å². The van der Waals surface area contributed by atoms with E-state index in [-0.39, 0.29) is 40.9 Å². The Morgan fingerprint density at radius 2 is 1.66 bits per heavy atom. The molecule has 0 radical (unpaired) electrons. The van der Waals surface area contributed by atoms with Crippen LogP contribution in [0.1, 0.15) is 98.8 Å². The first kappa shape index (κ1) is 30.6. The van der Waals surface area contributed by atoms with Gasteiger partial charge in [0.05, 0.1) is 0 Å². The van der Waals surface area contributed by atoms with Crippen molar-refractivity contribution in [1.82, 2.24) is 0 Å². The maximum absolute atomic E-state index is 12.8. The third kappa shape index (κ3) is 5.99. The molecule has 4 saturated carbocycles. The maximum atomic E-state index is 12.8. The van der Waals surface area contributed by atoms with Gasteiger partial charge in [-0.1, -0.05) is 36.7 Å². The van der Waals surface area contributed by atoms with Crippen LogP contribution in [-0.2, 0) is 23.9 Å². The standard InChI is InChI=1S/C34H48BrNO5/c1-20(6-15-32(39)36-25-10-8-24(35)9-11-25)28-13-14-29-27-12-7-23-18-26(40-21(2)37)16-17-33(23,4)30(27)19-31(34(28,29)5)41-22(3)38/h8-11,20,23,26-31H,6-7,12-19H2,1-5H3,(H,36,39)/t20-,23-,26-,27+,28-,29+,30+,31+,33+,34-/m1/s1. The van der Waals surface area contributed by atoms with Crippen LogP contribution >= 0.6 is 15.9 Å². The van der Waals surface area contributed by atoms with Crippen LogP contribution in [0.3, 0.4) is 0 Å². The van der Waals surface area contributed by atoms with Gasteiger partial charge in [0.25, 0.3) is 0 Å². The Labute approximate surface area is 254 Å². The maximum Gasteiger partial charge on any atom is 0.302 e.